The van der Waals surface area contributed by atoms with Crippen LogP contribution in [0.3, 0.4) is 0 Å². The number of nitrogens with one attached hydrogen (secondary N) is 1. The molecule has 1 aromatic carbocycles. The van der Waals surface area contributed by atoms with E-state index >= 15 is 0 Å². The van der Waals surface area contributed by atoms with Gasteiger partial charge >= 0.3 is 0 Å². The Balaban J connectivity index is 1.79. The van der Waals surface area contributed by atoms with Gasteiger partial charge < -0.3 is 5.73 Å². The maximum atomic E-state index is 11.7. The van der Waals surface area contributed by atoms with E-state index in [0.717, 1.165) is 5.56 Å². The maximum absolute atomic E-state index is 11.7. The van der Waals surface area contributed by atoms with Gasteiger partial charge in [0.05, 0.1) is 0 Å². The van der Waals surface area contributed by atoms with Gasteiger partial charge in [-0.2, -0.15) is 0 Å². The van der Waals surface area contributed by atoms with E-state index in [-0.39, 0.29) is 11.9 Å². The SMILES string of the molecule is NC(CCC(=O)Nn1cccc1)c1ccccc1. The van der Waals surface area contributed by atoms with E-state index in [0.29, 0.717) is 12.8 Å². The minimum atomic E-state index is -0.0957. The number of hydrogen-bond donors (Lipinski definition) is 2. The van der Waals surface area contributed by atoms with Crippen LogP contribution in [-0.4, -0.2) is 10.6 Å². The standard InChI is InChI=1S/C14H17N3O/c15-13(12-6-2-1-3-7-12)8-9-14(18)16-17-10-4-5-11-17/h1-7,10-11,13H,8-9,15H2,(H,16,18). The first-order valence-corrected chi connectivity index (χ1v) is 5.99. The van der Waals surface area contributed by atoms with Gasteiger partial charge in [-0.05, 0) is 24.1 Å². The molecule has 4 nitrogen and oxygen atoms in total. The van der Waals surface area contributed by atoms with Gasteiger partial charge in [0.2, 0.25) is 5.91 Å². The molecule has 3 N–H and O–H groups in total. The van der Waals surface area contributed by atoms with E-state index in [2.05, 4.69) is 5.43 Å². The van der Waals surface area contributed by atoms with Gasteiger partial charge in [-0.3, -0.25) is 14.9 Å². The third-order valence-corrected chi connectivity index (χ3v) is 2.77. The minimum Gasteiger partial charge on any atom is -0.324 e. The molecule has 0 aliphatic carbocycles. The maximum Gasteiger partial charge on any atom is 0.238 e. The molecule has 2 rings (SSSR count). The Kier molecular flexibility index (Phi) is 4.15. The molecule has 94 valence electrons. The number of carbonyl (C=O) groups excluding carboxylic acids is 1. The van der Waals surface area contributed by atoms with Crippen molar-refractivity contribution in [3.63, 3.8) is 0 Å². The number of benzene rings is 1. The van der Waals surface area contributed by atoms with Crippen LogP contribution in [0.2, 0.25) is 0 Å². The first kappa shape index (κ1) is 12.4. The van der Waals surface area contributed by atoms with Crippen molar-refractivity contribution in [3.8, 4) is 0 Å². The summed E-state index contributed by atoms with van der Waals surface area (Å²) in [5.74, 6) is -0.0300. The summed E-state index contributed by atoms with van der Waals surface area (Å²) in [6.45, 7) is 0. The zero-order valence-corrected chi connectivity index (χ0v) is 10.1. The molecule has 0 aliphatic rings. The van der Waals surface area contributed by atoms with Crippen LogP contribution in [-0.2, 0) is 4.79 Å². The van der Waals surface area contributed by atoms with Crippen molar-refractivity contribution in [3.05, 3.63) is 60.4 Å². The molecule has 2 aromatic rings. The van der Waals surface area contributed by atoms with Crippen LogP contribution in [0.4, 0.5) is 0 Å². The van der Waals surface area contributed by atoms with E-state index in [9.17, 15) is 4.79 Å². The molecule has 1 aromatic heterocycles. The highest BCUT2D eigenvalue weighted by atomic mass is 16.2. The van der Waals surface area contributed by atoms with Crippen LogP contribution in [0.5, 0.6) is 0 Å². The van der Waals surface area contributed by atoms with Gasteiger partial charge in [0, 0.05) is 24.9 Å². The summed E-state index contributed by atoms with van der Waals surface area (Å²) >= 11 is 0. The van der Waals surface area contributed by atoms with Gasteiger partial charge in [-0.1, -0.05) is 30.3 Å². The van der Waals surface area contributed by atoms with Gasteiger partial charge in [0.25, 0.3) is 0 Å². The first-order valence-electron chi connectivity index (χ1n) is 5.99. The fraction of sp³-hybridized carbons (Fsp3) is 0.214. The van der Waals surface area contributed by atoms with Crippen molar-refractivity contribution >= 4 is 5.91 Å². The van der Waals surface area contributed by atoms with Crippen LogP contribution >= 0.6 is 0 Å². The highest BCUT2D eigenvalue weighted by Crippen LogP contribution is 2.14. The molecule has 0 saturated heterocycles. The number of hydrogen-bond acceptors (Lipinski definition) is 2. The molecular formula is C14H17N3O. The van der Waals surface area contributed by atoms with Crippen LogP contribution in [0.1, 0.15) is 24.4 Å². The summed E-state index contributed by atoms with van der Waals surface area (Å²) in [6.07, 6.45) is 4.62. The van der Waals surface area contributed by atoms with Gasteiger partial charge in [-0.15, -0.1) is 0 Å². The lowest BCUT2D eigenvalue weighted by atomic mass is 10.0. The molecule has 1 amide bonds. The number of nitrogens with zero attached hydrogens (tertiary/aromatic N) is 1. The Morgan fingerprint density at radius 3 is 2.50 bits per heavy atom. The Morgan fingerprint density at radius 1 is 1.17 bits per heavy atom. The van der Waals surface area contributed by atoms with Crippen LogP contribution in [0.25, 0.3) is 0 Å². The van der Waals surface area contributed by atoms with Crippen LogP contribution in [0.15, 0.2) is 54.9 Å². The second-order valence-corrected chi connectivity index (χ2v) is 4.18. The molecule has 0 spiro atoms. The first-order chi connectivity index (χ1) is 8.75. The molecule has 0 fully saturated rings. The van der Waals surface area contributed by atoms with Crippen molar-refractivity contribution in [2.45, 2.75) is 18.9 Å². The molecule has 1 atom stereocenters. The molecular weight excluding hydrogens is 226 g/mol. The summed E-state index contributed by atoms with van der Waals surface area (Å²) in [5, 5.41) is 0. The summed E-state index contributed by atoms with van der Waals surface area (Å²) < 4.78 is 1.64. The third kappa shape index (κ3) is 3.46. The highest BCUT2D eigenvalue weighted by molar-refractivity contribution is 5.83. The monoisotopic (exact) mass is 243 g/mol. The number of rotatable bonds is 5. The zero-order valence-electron chi connectivity index (χ0n) is 10.1. The molecule has 0 aliphatic heterocycles. The fourth-order valence-electron chi connectivity index (χ4n) is 1.76. The molecule has 0 radical (unpaired) electrons. The van der Waals surface area contributed by atoms with Gasteiger partial charge in [0.15, 0.2) is 0 Å². The van der Waals surface area contributed by atoms with Crippen molar-refractivity contribution in [2.24, 2.45) is 5.73 Å². The quantitative estimate of drug-likeness (QED) is 0.844. The van der Waals surface area contributed by atoms with E-state index in [1.807, 2.05) is 42.5 Å². The lowest BCUT2D eigenvalue weighted by molar-refractivity contribution is -0.117. The van der Waals surface area contributed by atoms with Crippen molar-refractivity contribution < 1.29 is 4.79 Å². The lowest BCUT2D eigenvalue weighted by Gasteiger charge is -2.12. The Bertz CT molecular complexity index is 479. The number of carbonyl (C=O) groups is 1. The molecule has 1 heterocycles. The normalized spacial score (nSPS) is 12.1. The van der Waals surface area contributed by atoms with Gasteiger partial charge in [0.1, 0.15) is 0 Å². The Labute approximate surface area is 106 Å². The van der Waals surface area contributed by atoms with E-state index in [1.165, 1.54) is 0 Å². The predicted molar refractivity (Wildman–Crippen MR) is 71.4 cm³/mol. The molecule has 4 heteroatoms. The number of amides is 1. The lowest BCUT2D eigenvalue weighted by Crippen LogP contribution is -2.22. The summed E-state index contributed by atoms with van der Waals surface area (Å²) in [6, 6.07) is 13.4. The second-order valence-electron chi connectivity index (χ2n) is 4.18. The van der Waals surface area contributed by atoms with E-state index in [1.54, 1.807) is 17.1 Å². The number of aromatic nitrogens is 1. The van der Waals surface area contributed by atoms with Crippen LogP contribution < -0.4 is 11.2 Å². The largest absolute Gasteiger partial charge is 0.324 e. The average molecular weight is 243 g/mol. The van der Waals surface area contributed by atoms with Crippen molar-refractivity contribution in [1.29, 1.82) is 0 Å². The molecule has 0 saturated carbocycles. The fourth-order valence-corrected chi connectivity index (χ4v) is 1.76. The van der Waals surface area contributed by atoms with Crippen molar-refractivity contribution in [2.75, 3.05) is 5.43 Å². The van der Waals surface area contributed by atoms with Crippen LogP contribution in [0, 0.1) is 0 Å². The highest BCUT2D eigenvalue weighted by Gasteiger charge is 2.08. The third-order valence-electron chi connectivity index (χ3n) is 2.77. The smallest absolute Gasteiger partial charge is 0.238 e. The minimum absolute atomic E-state index is 0.0300. The topological polar surface area (TPSA) is 60.1 Å². The molecule has 18 heavy (non-hydrogen) atoms. The number of nitrogens with two attached hydrogens (primary N) is 1. The van der Waals surface area contributed by atoms with E-state index < -0.39 is 0 Å². The average Bonchev–Trinajstić information content (AvgIpc) is 2.90. The van der Waals surface area contributed by atoms with Crippen molar-refractivity contribution in [1.82, 2.24) is 4.68 Å². The zero-order chi connectivity index (χ0) is 12.8. The molecule has 0 bridgehead atoms. The second kappa shape index (κ2) is 6.02. The Hall–Kier alpha value is -2.07. The van der Waals surface area contributed by atoms with Gasteiger partial charge in [-0.25, -0.2) is 0 Å². The Morgan fingerprint density at radius 2 is 1.83 bits per heavy atom. The molecule has 1 unspecified atom stereocenters. The van der Waals surface area contributed by atoms with E-state index in [4.69, 9.17) is 5.73 Å². The predicted octanol–water partition coefficient (Wildman–Crippen LogP) is 2.04. The summed E-state index contributed by atoms with van der Waals surface area (Å²) in [4.78, 5) is 11.7. The summed E-state index contributed by atoms with van der Waals surface area (Å²) in [5.41, 5.74) is 9.84. The summed E-state index contributed by atoms with van der Waals surface area (Å²) in [7, 11) is 0.